The molecule has 0 aliphatic carbocycles. The number of piperidine rings is 1. The lowest BCUT2D eigenvalue weighted by molar-refractivity contribution is -0.132. The fourth-order valence-electron chi connectivity index (χ4n) is 3.47. The Hall–Kier alpha value is -2.47. The highest BCUT2D eigenvalue weighted by Crippen LogP contribution is 2.24. The van der Waals surface area contributed by atoms with Crippen molar-refractivity contribution in [3.8, 4) is 5.75 Å². The highest BCUT2D eigenvalue weighted by molar-refractivity contribution is 7.14. The van der Waals surface area contributed by atoms with E-state index >= 15 is 0 Å². The van der Waals surface area contributed by atoms with E-state index in [0.717, 1.165) is 10.6 Å². The number of carbonyl (C=O) groups excluding carboxylic acids is 3. The van der Waals surface area contributed by atoms with E-state index in [4.69, 9.17) is 4.74 Å². The van der Waals surface area contributed by atoms with Crippen molar-refractivity contribution in [1.82, 2.24) is 4.90 Å². The van der Waals surface area contributed by atoms with Gasteiger partial charge in [-0.2, -0.15) is 0 Å². The number of aryl methyl sites for hydroxylation is 1. The first-order valence-electron chi connectivity index (χ1n) is 9.53. The van der Waals surface area contributed by atoms with Crippen LogP contribution in [0.3, 0.4) is 0 Å². The Morgan fingerprint density at radius 2 is 1.71 bits per heavy atom. The molecule has 1 fully saturated rings. The third kappa shape index (κ3) is 4.87. The van der Waals surface area contributed by atoms with Gasteiger partial charge in [-0.05, 0) is 56.2 Å². The maximum atomic E-state index is 12.7. The van der Waals surface area contributed by atoms with Gasteiger partial charge in [0, 0.05) is 42.3 Å². The number of Topliss-reactive ketones (excluding diaryl/α,β-unsaturated/α-hetero) is 2. The topological polar surface area (TPSA) is 63.7 Å². The van der Waals surface area contributed by atoms with E-state index < -0.39 is 0 Å². The van der Waals surface area contributed by atoms with Crippen molar-refractivity contribution in [2.24, 2.45) is 5.92 Å². The van der Waals surface area contributed by atoms with Crippen LogP contribution < -0.4 is 4.74 Å². The minimum Gasteiger partial charge on any atom is -0.497 e. The summed E-state index contributed by atoms with van der Waals surface area (Å²) in [5.74, 6) is 0.809. The second kappa shape index (κ2) is 9.15. The molecule has 1 aliphatic heterocycles. The molecule has 2 heterocycles. The summed E-state index contributed by atoms with van der Waals surface area (Å²) in [5.41, 5.74) is 0.683. The minimum absolute atomic E-state index is 0.00280. The van der Waals surface area contributed by atoms with Crippen molar-refractivity contribution in [3.05, 3.63) is 51.7 Å². The molecule has 6 heteroatoms. The zero-order valence-corrected chi connectivity index (χ0v) is 17.1. The van der Waals surface area contributed by atoms with Gasteiger partial charge in [0.1, 0.15) is 5.75 Å². The fourth-order valence-corrected chi connectivity index (χ4v) is 4.30. The molecule has 1 aromatic heterocycles. The van der Waals surface area contributed by atoms with Crippen LogP contribution in [-0.4, -0.2) is 42.6 Å². The maximum Gasteiger partial charge on any atom is 0.223 e. The molecule has 0 radical (unpaired) electrons. The molecule has 3 rings (SSSR count). The molecule has 0 saturated carbocycles. The molecule has 0 atom stereocenters. The highest BCUT2D eigenvalue weighted by Gasteiger charge is 2.28. The smallest absolute Gasteiger partial charge is 0.223 e. The average Bonchev–Trinajstić information content (AvgIpc) is 3.18. The zero-order chi connectivity index (χ0) is 20.1. The van der Waals surface area contributed by atoms with Gasteiger partial charge in [-0.1, -0.05) is 0 Å². The number of hydrogen-bond donors (Lipinski definition) is 0. The summed E-state index contributed by atoms with van der Waals surface area (Å²) >= 11 is 1.47. The van der Waals surface area contributed by atoms with Gasteiger partial charge < -0.3 is 9.64 Å². The van der Waals surface area contributed by atoms with E-state index in [9.17, 15) is 14.4 Å². The van der Waals surface area contributed by atoms with Gasteiger partial charge >= 0.3 is 0 Å². The van der Waals surface area contributed by atoms with E-state index in [1.54, 1.807) is 36.3 Å². The molecular formula is C22H25NO4S. The molecule has 2 aromatic rings. The molecule has 1 aliphatic rings. The standard InChI is InChI=1S/C22H25NO4S/c1-15-3-9-20(28-15)19(24)8-10-21(25)23-13-11-17(12-14-23)22(26)16-4-6-18(27-2)7-5-16/h3-7,9,17H,8,10-14H2,1-2H3. The summed E-state index contributed by atoms with van der Waals surface area (Å²) in [5, 5.41) is 0. The Labute approximate surface area is 169 Å². The number of thiophene rings is 1. The van der Waals surface area contributed by atoms with E-state index in [0.29, 0.717) is 36.4 Å². The Balaban J connectivity index is 1.46. The van der Waals surface area contributed by atoms with Gasteiger partial charge in [0.25, 0.3) is 0 Å². The minimum atomic E-state index is -0.0619. The zero-order valence-electron chi connectivity index (χ0n) is 16.3. The highest BCUT2D eigenvalue weighted by atomic mass is 32.1. The Kier molecular flexibility index (Phi) is 6.62. The SMILES string of the molecule is COc1ccc(C(=O)C2CCN(C(=O)CCC(=O)c3ccc(C)s3)CC2)cc1. The molecule has 1 amide bonds. The van der Waals surface area contributed by atoms with Crippen LogP contribution in [0.25, 0.3) is 0 Å². The fraction of sp³-hybridized carbons (Fsp3) is 0.409. The van der Waals surface area contributed by atoms with Crippen LogP contribution in [-0.2, 0) is 4.79 Å². The second-order valence-electron chi connectivity index (χ2n) is 7.08. The van der Waals surface area contributed by atoms with Crippen molar-refractivity contribution in [2.75, 3.05) is 20.2 Å². The third-order valence-corrected chi connectivity index (χ3v) is 6.22. The molecule has 28 heavy (non-hydrogen) atoms. The van der Waals surface area contributed by atoms with Crippen LogP contribution in [0.5, 0.6) is 5.75 Å². The number of benzene rings is 1. The summed E-state index contributed by atoms with van der Waals surface area (Å²) in [6, 6.07) is 10.9. The number of likely N-dealkylation sites (tertiary alicyclic amines) is 1. The number of ether oxygens (including phenoxy) is 1. The van der Waals surface area contributed by atoms with Gasteiger partial charge in [-0.15, -0.1) is 11.3 Å². The van der Waals surface area contributed by atoms with Gasteiger partial charge in [0.15, 0.2) is 11.6 Å². The van der Waals surface area contributed by atoms with Gasteiger partial charge in [-0.3, -0.25) is 14.4 Å². The largest absolute Gasteiger partial charge is 0.497 e. The maximum absolute atomic E-state index is 12.7. The van der Waals surface area contributed by atoms with Gasteiger partial charge in [0.2, 0.25) is 5.91 Å². The van der Waals surface area contributed by atoms with Gasteiger partial charge in [-0.25, -0.2) is 0 Å². The molecule has 0 spiro atoms. The number of rotatable bonds is 7. The molecule has 1 aromatic carbocycles. The van der Waals surface area contributed by atoms with Crippen molar-refractivity contribution in [2.45, 2.75) is 32.6 Å². The molecule has 5 nitrogen and oxygen atoms in total. The van der Waals surface area contributed by atoms with Crippen molar-refractivity contribution in [3.63, 3.8) is 0 Å². The predicted octanol–water partition coefficient (Wildman–Crippen LogP) is 4.15. The third-order valence-electron chi connectivity index (χ3n) is 5.17. The summed E-state index contributed by atoms with van der Waals surface area (Å²) in [7, 11) is 1.60. The number of nitrogens with zero attached hydrogens (tertiary/aromatic N) is 1. The summed E-state index contributed by atoms with van der Waals surface area (Å²) in [6.45, 7) is 3.10. The number of methoxy groups -OCH3 is 1. The quantitative estimate of drug-likeness (QED) is 0.656. The van der Waals surface area contributed by atoms with Crippen LogP contribution in [0.4, 0.5) is 0 Å². The number of amides is 1. The predicted molar refractivity (Wildman–Crippen MR) is 109 cm³/mol. The lowest BCUT2D eigenvalue weighted by Gasteiger charge is -2.31. The number of hydrogen-bond acceptors (Lipinski definition) is 5. The molecule has 148 valence electrons. The molecule has 0 unspecified atom stereocenters. The lowest BCUT2D eigenvalue weighted by atomic mass is 9.88. The summed E-state index contributed by atoms with van der Waals surface area (Å²) in [4.78, 5) is 40.9. The average molecular weight is 400 g/mol. The van der Waals surface area contributed by atoms with Gasteiger partial charge in [0.05, 0.1) is 12.0 Å². The van der Waals surface area contributed by atoms with Crippen LogP contribution in [0.1, 0.15) is 50.6 Å². The number of ketones is 2. The van der Waals surface area contributed by atoms with Crippen LogP contribution >= 0.6 is 11.3 Å². The molecule has 1 saturated heterocycles. The normalized spacial score (nSPS) is 14.7. The van der Waals surface area contributed by atoms with E-state index in [2.05, 4.69) is 0 Å². The van der Waals surface area contributed by atoms with Crippen molar-refractivity contribution < 1.29 is 19.1 Å². The molecule has 0 N–H and O–H groups in total. The Morgan fingerprint density at radius 1 is 1.04 bits per heavy atom. The van der Waals surface area contributed by atoms with Crippen LogP contribution in [0.15, 0.2) is 36.4 Å². The molecule has 0 bridgehead atoms. The van der Waals surface area contributed by atoms with E-state index in [-0.39, 0.29) is 36.2 Å². The van der Waals surface area contributed by atoms with E-state index in [1.807, 2.05) is 19.1 Å². The molecular weight excluding hydrogens is 374 g/mol. The van der Waals surface area contributed by atoms with E-state index in [1.165, 1.54) is 11.3 Å². The first-order valence-corrected chi connectivity index (χ1v) is 10.3. The summed E-state index contributed by atoms with van der Waals surface area (Å²) < 4.78 is 5.13. The Morgan fingerprint density at radius 3 is 2.29 bits per heavy atom. The van der Waals surface area contributed by atoms with Crippen LogP contribution in [0.2, 0.25) is 0 Å². The second-order valence-corrected chi connectivity index (χ2v) is 8.37. The number of carbonyl (C=O) groups is 3. The first-order chi connectivity index (χ1) is 13.5. The lowest BCUT2D eigenvalue weighted by Crippen LogP contribution is -2.40. The van der Waals surface area contributed by atoms with Crippen LogP contribution in [0, 0.1) is 12.8 Å². The van der Waals surface area contributed by atoms with Crippen molar-refractivity contribution in [1.29, 1.82) is 0 Å². The Bertz CT molecular complexity index is 848. The summed E-state index contributed by atoms with van der Waals surface area (Å²) in [6.07, 6.45) is 1.79. The van der Waals surface area contributed by atoms with Crippen molar-refractivity contribution >= 4 is 28.8 Å². The first kappa shape index (κ1) is 20.3. The monoisotopic (exact) mass is 399 g/mol.